The Kier molecular flexibility index (Phi) is 7.37. The summed E-state index contributed by atoms with van der Waals surface area (Å²) < 4.78 is 0. The summed E-state index contributed by atoms with van der Waals surface area (Å²) in [7, 11) is 0. The van der Waals surface area contributed by atoms with Gasteiger partial charge in [-0.2, -0.15) is 0 Å². The molecule has 37 heavy (non-hydrogen) atoms. The lowest BCUT2D eigenvalue weighted by Crippen LogP contribution is -2.58. The van der Waals surface area contributed by atoms with E-state index < -0.39 is 6.04 Å². The molecule has 6 aliphatic rings. The zero-order valence-electron chi connectivity index (χ0n) is 21.9. The molecule has 0 radical (unpaired) electrons. The Morgan fingerprint density at radius 1 is 0.946 bits per heavy atom. The minimum absolute atomic E-state index is 0.0888. The molecule has 4 bridgehead atoms. The third kappa shape index (κ3) is 5.36. The van der Waals surface area contributed by atoms with Crippen LogP contribution in [-0.4, -0.2) is 46.5 Å². The molecule has 2 aliphatic heterocycles. The van der Waals surface area contributed by atoms with Crippen LogP contribution in [0.5, 0.6) is 0 Å². The number of piperidine rings is 1. The monoisotopic (exact) mass is 523 g/mol. The standard InChI is InChI=1S/C30H41N3O3S/c34-27-10-9-25(28(35)32-27)33-19-24-23(29(33)36)7-6-8-26(24)37-12-5-3-1-2-4-11-31-30-16-20-13-21(17-30)15-22(14-20)18-30/h6-8,20-22,25,31H,1-5,9-19H2,(H,32,34,35)/t20?,21?,22?,25-,30?/m1/s1. The Hall–Kier alpha value is -1.86. The van der Waals surface area contributed by atoms with E-state index in [9.17, 15) is 14.4 Å². The van der Waals surface area contributed by atoms with E-state index in [0.717, 1.165) is 34.0 Å². The number of thioether (sulfide) groups is 1. The SMILES string of the molecule is O=C1CC[C@@H](N2Cc3c(SCCCCCCCNC45CC6CC(CC(C6)C4)C5)cccc3C2=O)C(=O)N1. The molecule has 4 aliphatic carbocycles. The Labute approximate surface area is 225 Å². The minimum atomic E-state index is -0.548. The van der Waals surface area contributed by atoms with Gasteiger partial charge in [0, 0.05) is 29.0 Å². The van der Waals surface area contributed by atoms with E-state index in [4.69, 9.17) is 0 Å². The summed E-state index contributed by atoms with van der Waals surface area (Å²) in [6, 6.07) is 5.36. The van der Waals surface area contributed by atoms with Gasteiger partial charge in [0.1, 0.15) is 6.04 Å². The Bertz CT molecular complexity index is 1020. The van der Waals surface area contributed by atoms with Gasteiger partial charge in [0.05, 0.1) is 0 Å². The van der Waals surface area contributed by atoms with E-state index in [2.05, 4.69) is 16.7 Å². The summed E-state index contributed by atoms with van der Waals surface area (Å²) in [5.74, 6) is 3.41. The predicted molar refractivity (Wildman–Crippen MR) is 145 cm³/mol. The van der Waals surface area contributed by atoms with Crippen LogP contribution in [0.1, 0.15) is 99.4 Å². The molecule has 7 rings (SSSR count). The van der Waals surface area contributed by atoms with E-state index >= 15 is 0 Å². The van der Waals surface area contributed by atoms with Gasteiger partial charge in [0.25, 0.3) is 5.91 Å². The van der Waals surface area contributed by atoms with Crippen LogP contribution in [0.4, 0.5) is 0 Å². The van der Waals surface area contributed by atoms with Crippen molar-refractivity contribution >= 4 is 29.5 Å². The molecule has 1 aromatic rings. The average Bonchev–Trinajstić information content (AvgIpc) is 3.19. The normalized spacial score (nSPS) is 32.2. The first-order valence-corrected chi connectivity index (χ1v) is 15.6. The number of nitrogens with one attached hydrogen (secondary N) is 2. The number of carbonyl (C=O) groups is 3. The van der Waals surface area contributed by atoms with Crippen LogP contribution in [0.3, 0.4) is 0 Å². The highest BCUT2D eigenvalue weighted by Crippen LogP contribution is 2.55. The average molecular weight is 524 g/mol. The van der Waals surface area contributed by atoms with Crippen molar-refractivity contribution in [2.75, 3.05) is 12.3 Å². The fourth-order valence-corrected chi connectivity index (χ4v) is 9.40. The minimum Gasteiger partial charge on any atom is -0.322 e. The Morgan fingerprint density at radius 2 is 1.65 bits per heavy atom. The maximum Gasteiger partial charge on any atom is 0.255 e. The number of fused-ring (bicyclic) bond motifs is 1. The van der Waals surface area contributed by atoms with Gasteiger partial charge in [-0.15, -0.1) is 11.8 Å². The molecule has 1 aromatic carbocycles. The van der Waals surface area contributed by atoms with Crippen molar-refractivity contribution in [1.82, 2.24) is 15.5 Å². The van der Waals surface area contributed by atoms with Crippen molar-refractivity contribution in [3.8, 4) is 0 Å². The molecule has 1 atom stereocenters. The molecule has 0 aromatic heterocycles. The first-order chi connectivity index (χ1) is 18.0. The van der Waals surface area contributed by atoms with Crippen LogP contribution < -0.4 is 10.6 Å². The van der Waals surface area contributed by atoms with Crippen molar-refractivity contribution in [3.63, 3.8) is 0 Å². The van der Waals surface area contributed by atoms with E-state index in [1.54, 1.807) is 4.90 Å². The zero-order valence-corrected chi connectivity index (χ0v) is 22.8. The van der Waals surface area contributed by atoms with Crippen LogP contribution in [0, 0.1) is 17.8 Å². The number of benzene rings is 1. The number of hydrogen-bond donors (Lipinski definition) is 2. The highest BCUT2D eigenvalue weighted by molar-refractivity contribution is 7.99. The van der Waals surface area contributed by atoms with E-state index in [0.29, 0.717) is 24.1 Å². The van der Waals surface area contributed by atoms with Crippen LogP contribution in [0.2, 0.25) is 0 Å². The number of amides is 3. The van der Waals surface area contributed by atoms with Gasteiger partial charge in [-0.25, -0.2) is 0 Å². The van der Waals surface area contributed by atoms with E-state index in [-0.39, 0.29) is 24.1 Å². The van der Waals surface area contributed by atoms with Crippen molar-refractivity contribution in [2.45, 2.75) is 106 Å². The first-order valence-electron chi connectivity index (χ1n) is 14.6. The molecule has 2 N–H and O–H groups in total. The lowest BCUT2D eigenvalue weighted by atomic mass is 9.53. The summed E-state index contributed by atoms with van der Waals surface area (Å²) in [6.45, 7) is 1.65. The van der Waals surface area contributed by atoms with Gasteiger partial charge in [0.2, 0.25) is 11.8 Å². The van der Waals surface area contributed by atoms with Crippen LogP contribution in [-0.2, 0) is 16.1 Å². The molecule has 4 saturated carbocycles. The van der Waals surface area contributed by atoms with E-state index in [1.165, 1.54) is 77.2 Å². The maximum absolute atomic E-state index is 13.0. The van der Waals surface area contributed by atoms with Crippen LogP contribution in [0.25, 0.3) is 0 Å². The topological polar surface area (TPSA) is 78.5 Å². The van der Waals surface area contributed by atoms with Crippen LogP contribution in [0.15, 0.2) is 23.1 Å². The van der Waals surface area contributed by atoms with Gasteiger partial charge < -0.3 is 10.2 Å². The molecule has 6 nitrogen and oxygen atoms in total. The number of nitrogens with zero attached hydrogens (tertiary/aromatic N) is 1. The van der Waals surface area contributed by atoms with Gasteiger partial charge in [-0.3, -0.25) is 19.7 Å². The maximum atomic E-state index is 13.0. The van der Waals surface area contributed by atoms with Crippen molar-refractivity contribution in [3.05, 3.63) is 29.3 Å². The molecular formula is C30H41N3O3S. The quantitative estimate of drug-likeness (QED) is 0.241. The predicted octanol–water partition coefficient (Wildman–Crippen LogP) is 5.05. The molecular weight excluding hydrogens is 482 g/mol. The zero-order chi connectivity index (χ0) is 25.4. The van der Waals surface area contributed by atoms with E-state index in [1.807, 2.05) is 23.9 Å². The number of imide groups is 1. The molecule has 0 unspecified atom stereocenters. The fraction of sp³-hybridized carbons (Fsp3) is 0.700. The summed E-state index contributed by atoms with van der Waals surface area (Å²) in [5, 5.41) is 6.42. The van der Waals surface area contributed by atoms with Gasteiger partial charge in [-0.05, 0) is 106 Å². The second-order valence-corrected chi connectivity index (χ2v) is 13.6. The highest BCUT2D eigenvalue weighted by atomic mass is 32.2. The number of rotatable bonds is 11. The molecule has 0 spiro atoms. The third-order valence-corrected chi connectivity index (χ3v) is 10.8. The van der Waals surface area contributed by atoms with Gasteiger partial charge in [-0.1, -0.05) is 25.3 Å². The van der Waals surface area contributed by atoms with Crippen molar-refractivity contribution < 1.29 is 14.4 Å². The van der Waals surface area contributed by atoms with Crippen LogP contribution >= 0.6 is 11.8 Å². The summed E-state index contributed by atoms with van der Waals surface area (Å²) in [4.78, 5) is 39.6. The first kappa shape index (κ1) is 25.4. The molecule has 2 heterocycles. The molecule has 3 amide bonds. The lowest BCUT2D eigenvalue weighted by molar-refractivity contribution is -0.136. The second kappa shape index (κ2) is 10.7. The summed E-state index contributed by atoms with van der Waals surface area (Å²) in [5.41, 5.74) is 2.25. The second-order valence-electron chi connectivity index (χ2n) is 12.4. The summed E-state index contributed by atoms with van der Waals surface area (Å²) >= 11 is 1.83. The third-order valence-electron chi connectivity index (χ3n) is 9.66. The fourth-order valence-electron chi connectivity index (χ4n) is 8.31. The van der Waals surface area contributed by atoms with Gasteiger partial charge in [0.15, 0.2) is 0 Å². The molecule has 5 fully saturated rings. The smallest absolute Gasteiger partial charge is 0.255 e. The highest BCUT2D eigenvalue weighted by Gasteiger charge is 2.50. The summed E-state index contributed by atoms with van der Waals surface area (Å²) in [6.07, 6.45) is 15.9. The Balaban J connectivity index is 0.896. The number of unbranched alkanes of at least 4 members (excludes halogenated alkanes) is 4. The Morgan fingerprint density at radius 3 is 2.38 bits per heavy atom. The largest absolute Gasteiger partial charge is 0.322 e. The van der Waals surface area contributed by atoms with Crippen molar-refractivity contribution in [2.24, 2.45) is 17.8 Å². The molecule has 7 heteroatoms. The molecule has 1 saturated heterocycles. The molecule has 200 valence electrons. The van der Waals surface area contributed by atoms with Crippen molar-refractivity contribution in [1.29, 1.82) is 0 Å². The lowest BCUT2D eigenvalue weighted by Gasteiger charge is -2.57. The number of hydrogen-bond acceptors (Lipinski definition) is 5. The van der Waals surface area contributed by atoms with Gasteiger partial charge >= 0.3 is 0 Å². The number of carbonyl (C=O) groups excluding carboxylic acids is 3.